The lowest BCUT2D eigenvalue weighted by Gasteiger charge is -2.02. The van der Waals surface area contributed by atoms with E-state index in [-0.39, 0.29) is 4.21 Å². The van der Waals surface area contributed by atoms with Crippen LogP contribution in [-0.2, 0) is 9.84 Å². The molecule has 0 bridgehead atoms. The highest BCUT2D eigenvalue weighted by Gasteiger charge is 2.20. The molecule has 1 aromatic carbocycles. The lowest BCUT2D eigenvalue weighted by atomic mass is 10.1. The van der Waals surface area contributed by atoms with Gasteiger partial charge in [0.1, 0.15) is 5.69 Å². The minimum atomic E-state index is -3.26. The summed E-state index contributed by atoms with van der Waals surface area (Å²) in [5, 5.41) is 3.90. The van der Waals surface area contributed by atoms with Crippen molar-refractivity contribution in [3.05, 3.63) is 29.8 Å². The number of benzene rings is 1. The monoisotopic (exact) mass is 254 g/mol. The highest BCUT2D eigenvalue weighted by Crippen LogP contribution is 2.29. The van der Waals surface area contributed by atoms with Crippen LogP contribution in [0, 0.1) is 6.92 Å². The summed E-state index contributed by atoms with van der Waals surface area (Å²) in [5.41, 5.74) is 2.25. The molecule has 0 spiro atoms. The Balaban J connectivity index is 2.68. The van der Waals surface area contributed by atoms with E-state index >= 15 is 0 Å². The van der Waals surface area contributed by atoms with E-state index < -0.39 is 9.84 Å². The Morgan fingerprint density at radius 2 is 1.94 bits per heavy atom. The largest absolute Gasteiger partial charge is 0.223 e. The highest BCUT2D eigenvalue weighted by atomic mass is 32.2. The second kappa shape index (κ2) is 3.95. The summed E-state index contributed by atoms with van der Waals surface area (Å²) in [6.45, 7) is 1.92. The normalized spacial score (nSPS) is 11.6. The van der Waals surface area contributed by atoms with Gasteiger partial charge in [-0.2, -0.15) is 0 Å². The predicted octanol–water partition coefficient (Wildman–Crippen LogP) is 1.92. The molecule has 1 aromatic heterocycles. The molecule has 2 rings (SSSR count). The molecule has 0 fully saturated rings. The number of aromatic nitrogens is 2. The Hall–Kier alpha value is -1.27. The number of aryl methyl sites for hydroxylation is 1. The molecule has 0 atom stereocenters. The molecule has 16 heavy (non-hydrogen) atoms. The second-order valence-corrected chi connectivity index (χ2v) is 6.46. The molecule has 0 N–H and O–H groups in total. The van der Waals surface area contributed by atoms with Crippen LogP contribution in [0.3, 0.4) is 0 Å². The van der Waals surface area contributed by atoms with Gasteiger partial charge in [-0.1, -0.05) is 28.8 Å². The summed E-state index contributed by atoms with van der Waals surface area (Å²) in [4.78, 5) is 0. The van der Waals surface area contributed by atoms with Crippen molar-refractivity contribution in [2.45, 2.75) is 11.1 Å². The molecule has 0 aliphatic carbocycles. The summed E-state index contributed by atoms with van der Waals surface area (Å²) in [5.74, 6) is 0. The summed E-state index contributed by atoms with van der Waals surface area (Å²) in [6.07, 6.45) is 1.17. The number of sulfone groups is 1. The third kappa shape index (κ3) is 1.98. The van der Waals surface area contributed by atoms with Gasteiger partial charge in [0.2, 0.25) is 0 Å². The molecular formula is C10H10N2O2S2. The maximum absolute atomic E-state index is 11.5. The molecule has 1 heterocycles. The molecule has 0 saturated heterocycles. The van der Waals surface area contributed by atoms with Crippen LogP contribution >= 0.6 is 11.5 Å². The van der Waals surface area contributed by atoms with Crippen LogP contribution in [0.15, 0.2) is 28.5 Å². The molecule has 0 aliphatic heterocycles. The second-order valence-electron chi connectivity index (χ2n) is 3.50. The first-order valence-electron chi connectivity index (χ1n) is 4.58. The van der Waals surface area contributed by atoms with E-state index in [2.05, 4.69) is 9.59 Å². The lowest BCUT2D eigenvalue weighted by molar-refractivity contribution is 0.604. The van der Waals surface area contributed by atoms with Crippen LogP contribution in [-0.4, -0.2) is 24.3 Å². The molecule has 0 amide bonds. The fraction of sp³-hybridized carbons (Fsp3) is 0.200. The Bertz CT molecular complexity index is 617. The van der Waals surface area contributed by atoms with Gasteiger partial charge in [-0.05, 0) is 12.5 Å². The first kappa shape index (κ1) is 11.2. The van der Waals surface area contributed by atoms with E-state index in [0.717, 1.165) is 22.7 Å². The standard InChI is InChI=1S/C10H10N2O2S2/c1-7-5-3-4-6-8(7)9-10(15-12-11-9)16(2,13)14/h3-6H,1-2H3. The van der Waals surface area contributed by atoms with Gasteiger partial charge < -0.3 is 0 Å². The first-order valence-corrected chi connectivity index (χ1v) is 7.25. The average Bonchev–Trinajstić information content (AvgIpc) is 2.66. The zero-order chi connectivity index (χ0) is 11.8. The van der Waals surface area contributed by atoms with Crippen LogP contribution in [0.1, 0.15) is 5.56 Å². The van der Waals surface area contributed by atoms with Crippen molar-refractivity contribution in [2.24, 2.45) is 0 Å². The molecule has 0 saturated carbocycles. The molecule has 84 valence electrons. The van der Waals surface area contributed by atoms with Crippen molar-refractivity contribution in [1.29, 1.82) is 0 Å². The van der Waals surface area contributed by atoms with Gasteiger partial charge in [0.25, 0.3) is 0 Å². The number of hydrogen-bond donors (Lipinski definition) is 0. The quantitative estimate of drug-likeness (QED) is 0.821. The summed E-state index contributed by atoms with van der Waals surface area (Å²) >= 11 is 0.911. The SMILES string of the molecule is Cc1ccccc1-c1nnsc1S(C)(=O)=O. The minimum absolute atomic E-state index is 0.224. The van der Waals surface area contributed by atoms with E-state index in [1.807, 2.05) is 31.2 Å². The van der Waals surface area contributed by atoms with Crippen molar-refractivity contribution >= 4 is 21.4 Å². The molecule has 0 radical (unpaired) electrons. The zero-order valence-electron chi connectivity index (χ0n) is 8.84. The first-order chi connectivity index (χ1) is 7.50. The van der Waals surface area contributed by atoms with Crippen molar-refractivity contribution in [3.63, 3.8) is 0 Å². The van der Waals surface area contributed by atoms with Crippen molar-refractivity contribution in [1.82, 2.24) is 9.59 Å². The summed E-state index contributed by atoms with van der Waals surface area (Å²) in [7, 11) is -3.26. The Morgan fingerprint density at radius 1 is 1.25 bits per heavy atom. The average molecular weight is 254 g/mol. The van der Waals surface area contributed by atoms with Crippen LogP contribution in [0.2, 0.25) is 0 Å². The molecule has 0 unspecified atom stereocenters. The smallest absolute Gasteiger partial charge is 0.188 e. The van der Waals surface area contributed by atoms with Crippen LogP contribution in [0.25, 0.3) is 11.3 Å². The van der Waals surface area contributed by atoms with E-state index in [1.165, 1.54) is 6.26 Å². The Morgan fingerprint density at radius 3 is 2.56 bits per heavy atom. The van der Waals surface area contributed by atoms with Crippen molar-refractivity contribution in [3.8, 4) is 11.3 Å². The number of rotatable bonds is 2. The minimum Gasteiger partial charge on any atom is -0.223 e. The Labute approximate surface area is 98.0 Å². The number of nitrogens with zero attached hydrogens (tertiary/aromatic N) is 2. The number of hydrogen-bond acceptors (Lipinski definition) is 5. The lowest BCUT2D eigenvalue weighted by Crippen LogP contribution is -1.97. The zero-order valence-corrected chi connectivity index (χ0v) is 10.5. The van der Waals surface area contributed by atoms with Gasteiger partial charge in [-0.3, -0.25) is 0 Å². The van der Waals surface area contributed by atoms with Gasteiger partial charge >= 0.3 is 0 Å². The van der Waals surface area contributed by atoms with E-state index in [9.17, 15) is 8.42 Å². The van der Waals surface area contributed by atoms with Gasteiger partial charge in [-0.25, -0.2) is 8.42 Å². The third-order valence-electron chi connectivity index (χ3n) is 2.19. The van der Waals surface area contributed by atoms with Crippen LogP contribution in [0.5, 0.6) is 0 Å². The van der Waals surface area contributed by atoms with Gasteiger partial charge in [0.05, 0.1) is 0 Å². The van der Waals surface area contributed by atoms with E-state index in [0.29, 0.717) is 5.69 Å². The fourth-order valence-electron chi connectivity index (χ4n) is 1.43. The Kier molecular flexibility index (Phi) is 2.77. The van der Waals surface area contributed by atoms with E-state index in [4.69, 9.17) is 0 Å². The van der Waals surface area contributed by atoms with Crippen molar-refractivity contribution < 1.29 is 8.42 Å². The maximum Gasteiger partial charge on any atom is 0.188 e. The maximum atomic E-state index is 11.5. The van der Waals surface area contributed by atoms with Crippen LogP contribution < -0.4 is 0 Å². The highest BCUT2D eigenvalue weighted by molar-refractivity contribution is 7.92. The fourth-order valence-corrected chi connectivity index (χ4v) is 3.01. The van der Waals surface area contributed by atoms with Gasteiger partial charge in [-0.15, -0.1) is 5.10 Å². The predicted molar refractivity (Wildman–Crippen MR) is 63.2 cm³/mol. The molecular weight excluding hydrogens is 244 g/mol. The third-order valence-corrected chi connectivity index (χ3v) is 4.72. The summed E-state index contributed by atoms with van der Waals surface area (Å²) in [6, 6.07) is 7.52. The van der Waals surface area contributed by atoms with E-state index in [1.54, 1.807) is 0 Å². The van der Waals surface area contributed by atoms with Gasteiger partial charge in [0.15, 0.2) is 14.0 Å². The molecule has 4 nitrogen and oxygen atoms in total. The van der Waals surface area contributed by atoms with Crippen molar-refractivity contribution in [2.75, 3.05) is 6.26 Å². The topological polar surface area (TPSA) is 59.9 Å². The van der Waals surface area contributed by atoms with Gasteiger partial charge in [0, 0.05) is 23.4 Å². The van der Waals surface area contributed by atoms with Crippen LogP contribution in [0.4, 0.5) is 0 Å². The molecule has 0 aliphatic rings. The molecule has 2 aromatic rings. The summed E-state index contributed by atoms with van der Waals surface area (Å²) < 4.78 is 27.0. The molecule has 6 heteroatoms.